The predicted molar refractivity (Wildman–Crippen MR) is 74.6 cm³/mol. The summed E-state index contributed by atoms with van der Waals surface area (Å²) in [6, 6.07) is 5.41. The molecule has 0 heterocycles. The Morgan fingerprint density at radius 2 is 1.89 bits per heavy atom. The van der Waals surface area contributed by atoms with Gasteiger partial charge in [0.1, 0.15) is 0 Å². The lowest BCUT2D eigenvalue weighted by Gasteiger charge is -2.30. The van der Waals surface area contributed by atoms with E-state index in [0.717, 1.165) is 11.6 Å². The second kappa shape index (κ2) is 5.41. The van der Waals surface area contributed by atoms with Crippen LogP contribution in [0.5, 0.6) is 5.75 Å². The van der Waals surface area contributed by atoms with Gasteiger partial charge in [-0.05, 0) is 42.2 Å². The molecule has 0 spiro atoms. The van der Waals surface area contributed by atoms with Gasteiger partial charge < -0.3 is 9.53 Å². The Morgan fingerprint density at radius 3 is 2.39 bits per heavy atom. The van der Waals surface area contributed by atoms with Gasteiger partial charge >= 0.3 is 0 Å². The van der Waals surface area contributed by atoms with Crippen molar-refractivity contribution < 1.29 is 13.9 Å². The van der Waals surface area contributed by atoms with Crippen LogP contribution in [0.4, 0.5) is 4.39 Å². The second-order valence-corrected chi connectivity index (χ2v) is 10.7. The van der Waals surface area contributed by atoms with Gasteiger partial charge in [0.2, 0.25) is 0 Å². The summed E-state index contributed by atoms with van der Waals surface area (Å²) < 4.78 is 18.9. The van der Waals surface area contributed by atoms with E-state index in [0.29, 0.717) is 6.61 Å². The highest BCUT2D eigenvalue weighted by atomic mass is 28.4. The van der Waals surface area contributed by atoms with Crippen molar-refractivity contribution in [2.24, 2.45) is 5.41 Å². The summed E-state index contributed by atoms with van der Waals surface area (Å²) in [6.07, 6.45) is 0. The van der Waals surface area contributed by atoms with Crippen molar-refractivity contribution in [2.45, 2.75) is 46.5 Å². The Labute approximate surface area is 110 Å². The number of halogens is 1. The molecule has 0 fully saturated rings. The van der Waals surface area contributed by atoms with Gasteiger partial charge in [0, 0.05) is 0 Å². The minimum absolute atomic E-state index is 0.251. The minimum Gasteiger partial charge on any atom is -0.505 e. The summed E-state index contributed by atoms with van der Waals surface area (Å²) in [6.45, 7) is 11.4. The molecule has 0 aliphatic carbocycles. The highest BCUT2D eigenvalue weighted by molar-refractivity contribution is 6.71. The van der Waals surface area contributed by atoms with Gasteiger partial charge in [-0.2, -0.15) is 0 Å². The molecule has 0 aromatic heterocycles. The summed E-state index contributed by atoms with van der Waals surface area (Å²) in [5, 5.41) is 9.30. The maximum Gasteiger partial charge on any atom is 0.187 e. The van der Waals surface area contributed by atoms with E-state index >= 15 is 0 Å². The molecule has 1 N–H and O–H groups in total. The van der Waals surface area contributed by atoms with Crippen LogP contribution in [0, 0.1) is 11.2 Å². The first-order chi connectivity index (χ1) is 8.09. The Balaban J connectivity index is 2.61. The van der Waals surface area contributed by atoms with E-state index in [2.05, 4.69) is 33.9 Å². The van der Waals surface area contributed by atoms with Crippen molar-refractivity contribution in [3.05, 3.63) is 29.6 Å². The molecule has 1 aromatic carbocycles. The standard InChI is InChI=1S/C14H23FO2Si/c1-14(2,3)10-18(4,5)17-9-11-6-7-12(15)13(16)8-11/h6-8,16H,9-10H2,1-5H3. The van der Waals surface area contributed by atoms with Crippen LogP contribution in [-0.4, -0.2) is 13.4 Å². The molecule has 18 heavy (non-hydrogen) atoms. The lowest BCUT2D eigenvalue weighted by atomic mass is 10.0. The zero-order valence-corrected chi connectivity index (χ0v) is 12.9. The van der Waals surface area contributed by atoms with Gasteiger partial charge in [-0.3, -0.25) is 0 Å². The lowest BCUT2D eigenvalue weighted by molar-refractivity contribution is 0.279. The topological polar surface area (TPSA) is 29.5 Å². The van der Waals surface area contributed by atoms with Gasteiger partial charge in [-0.15, -0.1) is 0 Å². The number of hydrogen-bond donors (Lipinski definition) is 1. The normalized spacial score (nSPS) is 12.8. The van der Waals surface area contributed by atoms with Gasteiger partial charge in [-0.25, -0.2) is 4.39 Å². The average molecular weight is 270 g/mol. The fraction of sp³-hybridized carbons (Fsp3) is 0.571. The van der Waals surface area contributed by atoms with Crippen LogP contribution in [0.2, 0.25) is 19.1 Å². The Hall–Kier alpha value is -0.873. The van der Waals surface area contributed by atoms with Crippen LogP contribution in [0.15, 0.2) is 18.2 Å². The van der Waals surface area contributed by atoms with Gasteiger partial charge in [0.15, 0.2) is 19.9 Å². The molecule has 102 valence electrons. The molecule has 0 aliphatic heterocycles. The van der Waals surface area contributed by atoms with E-state index in [1.807, 2.05) is 0 Å². The zero-order chi connectivity index (χ0) is 14.0. The maximum atomic E-state index is 12.9. The van der Waals surface area contributed by atoms with Crippen molar-refractivity contribution in [2.75, 3.05) is 0 Å². The van der Waals surface area contributed by atoms with Crippen LogP contribution in [0.3, 0.4) is 0 Å². The van der Waals surface area contributed by atoms with Crippen molar-refractivity contribution in [3.63, 3.8) is 0 Å². The fourth-order valence-electron chi connectivity index (χ4n) is 2.25. The van der Waals surface area contributed by atoms with E-state index < -0.39 is 14.1 Å². The molecule has 0 aliphatic rings. The lowest BCUT2D eigenvalue weighted by Crippen LogP contribution is -2.34. The highest BCUT2D eigenvalue weighted by Gasteiger charge is 2.29. The van der Waals surface area contributed by atoms with Crippen LogP contribution >= 0.6 is 0 Å². The Kier molecular flexibility index (Phi) is 4.56. The average Bonchev–Trinajstić information content (AvgIpc) is 2.16. The highest BCUT2D eigenvalue weighted by Crippen LogP contribution is 2.29. The van der Waals surface area contributed by atoms with Gasteiger partial charge in [0.05, 0.1) is 6.61 Å². The van der Waals surface area contributed by atoms with Crippen molar-refractivity contribution >= 4 is 8.32 Å². The summed E-state index contributed by atoms with van der Waals surface area (Å²) >= 11 is 0. The number of benzene rings is 1. The summed E-state index contributed by atoms with van der Waals surface area (Å²) in [5.74, 6) is -0.906. The zero-order valence-electron chi connectivity index (χ0n) is 11.9. The molecule has 0 bridgehead atoms. The summed E-state index contributed by atoms with van der Waals surface area (Å²) in [4.78, 5) is 0. The van der Waals surface area contributed by atoms with E-state index in [4.69, 9.17) is 4.43 Å². The predicted octanol–water partition coefficient (Wildman–Crippen LogP) is 4.30. The third kappa shape index (κ3) is 5.19. The molecule has 0 atom stereocenters. The number of phenolic OH excluding ortho intramolecular Hbond substituents is 1. The van der Waals surface area contributed by atoms with E-state index in [1.165, 1.54) is 12.1 Å². The van der Waals surface area contributed by atoms with E-state index in [-0.39, 0.29) is 11.2 Å². The fourth-order valence-corrected chi connectivity index (χ4v) is 5.47. The third-order valence-corrected chi connectivity index (χ3v) is 5.43. The first-order valence-electron chi connectivity index (χ1n) is 6.20. The molecule has 2 nitrogen and oxygen atoms in total. The first kappa shape index (κ1) is 15.2. The molecule has 0 amide bonds. The van der Waals surface area contributed by atoms with Crippen molar-refractivity contribution in [3.8, 4) is 5.75 Å². The van der Waals surface area contributed by atoms with Crippen LogP contribution in [0.25, 0.3) is 0 Å². The Bertz CT molecular complexity index is 411. The summed E-state index contributed by atoms with van der Waals surface area (Å²) in [7, 11) is -1.73. The second-order valence-electron chi connectivity index (χ2n) is 6.57. The molecule has 0 unspecified atom stereocenters. The number of phenols is 1. The van der Waals surface area contributed by atoms with Crippen LogP contribution in [0.1, 0.15) is 26.3 Å². The van der Waals surface area contributed by atoms with Crippen molar-refractivity contribution in [1.82, 2.24) is 0 Å². The molecular weight excluding hydrogens is 247 g/mol. The van der Waals surface area contributed by atoms with Gasteiger partial charge in [-0.1, -0.05) is 26.8 Å². The quantitative estimate of drug-likeness (QED) is 0.827. The SMILES string of the molecule is CC(C)(C)C[Si](C)(C)OCc1ccc(F)c(O)c1. The van der Waals surface area contributed by atoms with Gasteiger partial charge in [0.25, 0.3) is 0 Å². The molecule has 4 heteroatoms. The van der Waals surface area contributed by atoms with Crippen molar-refractivity contribution in [1.29, 1.82) is 0 Å². The molecule has 0 radical (unpaired) electrons. The van der Waals surface area contributed by atoms with E-state index in [1.54, 1.807) is 6.07 Å². The van der Waals surface area contributed by atoms with Crippen LogP contribution < -0.4 is 0 Å². The minimum atomic E-state index is -1.73. The molecule has 1 aromatic rings. The molecular formula is C14H23FO2Si. The number of hydrogen-bond acceptors (Lipinski definition) is 2. The number of aromatic hydroxyl groups is 1. The molecule has 0 saturated carbocycles. The van der Waals surface area contributed by atoms with Crippen LogP contribution in [-0.2, 0) is 11.0 Å². The monoisotopic (exact) mass is 270 g/mol. The number of rotatable bonds is 4. The first-order valence-corrected chi connectivity index (χ1v) is 9.32. The largest absolute Gasteiger partial charge is 0.505 e. The third-order valence-electron chi connectivity index (χ3n) is 2.60. The Morgan fingerprint density at radius 1 is 1.28 bits per heavy atom. The molecule has 1 rings (SSSR count). The maximum absolute atomic E-state index is 12.9. The smallest absolute Gasteiger partial charge is 0.187 e. The molecule has 0 saturated heterocycles. The summed E-state index contributed by atoms with van der Waals surface area (Å²) in [5.41, 5.74) is 1.06. The van der Waals surface area contributed by atoms with E-state index in [9.17, 15) is 9.50 Å².